The van der Waals surface area contributed by atoms with E-state index >= 15 is 0 Å². The van der Waals surface area contributed by atoms with Crippen LogP contribution in [0.3, 0.4) is 0 Å². The summed E-state index contributed by atoms with van der Waals surface area (Å²) in [4.78, 5) is 12.3. The second kappa shape index (κ2) is 7.14. The molecule has 3 rings (SSSR count). The minimum absolute atomic E-state index is 0.00137. The molecule has 2 heterocycles. The number of aliphatic hydroxyl groups is 1. The summed E-state index contributed by atoms with van der Waals surface area (Å²) >= 11 is 5.55. The van der Waals surface area contributed by atoms with Gasteiger partial charge in [0.25, 0.3) is 0 Å². The third-order valence-corrected chi connectivity index (χ3v) is 4.41. The van der Waals surface area contributed by atoms with Gasteiger partial charge in [-0.2, -0.15) is 0 Å². The van der Waals surface area contributed by atoms with Crippen LogP contribution in [0, 0.1) is 17.6 Å². The number of ether oxygens (including phenoxy) is 1. The van der Waals surface area contributed by atoms with Crippen molar-refractivity contribution in [3.8, 4) is 0 Å². The molecule has 1 aromatic carbocycles. The molecular formula is C16H17ClF2N2O3. The van der Waals surface area contributed by atoms with Crippen molar-refractivity contribution in [2.75, 3.05) is 19.8 Å². The molecule has 8 heteroatoms. The molecule has 2 aliphatic heterocycles. The van der Waals surface area contributed by atoms with Gasteiger partial charge in [-0.15, -0.1) is 0 Å². The Balaban J connectivity index is 1.81. The molecule has 24 heavy (non-hydrogen) atoms. The smallest absolute Gasteiger partial charge is 0.241 e. The molecule has 2 aliphatic rings. The lowest BCUT2D eigenvalue weighted by Gasteiger charge is -2.29. The number of aliphatic hydroxyl groups excluding tert-OH is 1. The number of benzene rings is 1. The van der Waals surface area contributed by atoms with Gasteiger partial charge in [0.05, 0.1) is 30.4 Å². The minimum atomic E-state index is -0.736. The predicted octanol–water partition coefficient (Wildman–Crippen LogP) is 1.44. The number of β-amino-alcohol motifs (C(OH)–C–C–N with tert-alkyl or cyclic N) is 1. The maximum Gasteiger partial charge on any atom is 0.241 e. The van der Waals surface area contributed by atoms with Gasteiger partial charge in [0.2, 0.25) is 5.91 Å². The van der Waals surface area contributed by atoms with Crippen molar-refractivity contribution in [3.05, 3.63) is 40.1 Å². The third-order valence-electron chi connectivity index (χ3n) is 4.12. The van der Waals surface area contributed by atoms with Crippen LogP contribution >= 0.6 is 11.6 Å². The van der Waals surface area contributed by atoms with Crippen molar-refractivity contribution < 1.29 is 23.4 Å². The van der Waals surface area contributed by atoms with E-state index in [1.807, 2.05) is 0 Å². The Morgan fingerprint density at radius 2 is 2.12 bits per heavy atom. The molecule has 0 unspecified atom stereocenters. The zero-order valence-corrected chi connectivity index (χ0v) is 13.4. The summed E-state index contributed by atoms with van der Waals surface area (Å²) in [6.45, 7) is 1.13. The number of amides is 1. The SMILES string of the molecule is O=C(NC(=Cc1cc(F)c(Cl)cc1F)C1COC1)[C@H]1C[C@H](O)CN1. The molecule has 130 valence electrons. The van der Waals surface area contributed by atoms with Crippen LogP contribution < -0.4 is 10.6 Å². The highest BCUT2D eigenvalue weighted by molar-refractivity contribution is 6.30. The van der Waals surface area contributed by atoms with E-state index in [4.69, 9.17) is 16.3 Å². The molecule has 0 aromatic heterocycles. The van der Waals surface area contributed by atoms with Gasteiger partial charge in [-0.1, -0.05) is 11.6 Å². The quantitative estimate of drug-likeness (QED) is 0.712. The first-order valence-electron chi connectivity index (χ1n) is 7.60. The lowest BCUT2D eigenvalue weighted by molar-refractivity contribution is -0.122. The molecular weight excluding hydrogens is 342 g/mol. The maximum atomic E-state index is 14.0. The van der Waals surface area contributed by atoms with E-state index in [0.29, 0.717) is 31.9 Å². The van der Waals surface area contributed by atoms with Crippen molar-refractivity contribution in [3.63, 3.8) is 0 Å². The highest BCUT2D eigenvalue weighted by atomic mass is 35.5. The minimum Gasteiger partial charge on any atom is -0.392 e. The number of hydrogen-bond acceptors (Lipinski definition) is 4. The summed E-state index contributed by atoms with van der Waals surface area (Å²) in [7, 11) is 0. The Bertz CT molecular complexity index is 680. The Morgan fingerprint density at radius 3 is 2.71 bits per heavy atom. The monoisotopic (exact) mass is 358 g/mol. The van der Waals surface area contributed by atoms with Crippen molar-refractivity contribution in [1.29, 1.82) is 0 Å². The Hall–Kier alpha value is -1.54. The molecule has 1 amide bonds. The van der Waals surface area contributed by atoms with E-state index in [-0.39, 0.29) is 22.4 Å². The number of carbonyl (C=O) groups is 1. The molecule has 0 bridgehead atoms. The number of carbonyl (C=O) groups excluding carboxylic acids is 1. The number of nitrogens with one attached hydrogen (secondary N) is 2. The van der Waals surface area contributed by atoms with E-state index in [1.165, 1.54) is 6.08 Å². The van der Waals surface area contributed by atoms with Crippen molar-refractivity contribution in [2.45, 2.75) is 18.6 Å². The fraction of sp³-hybridized carbons (Fsp3) is 0.438. The summed E-state index contributed by atoms with van der Waals surface area (Å²) in [5.41, 5.74) is 0.452. The molecule has 2 atom stereocenters. The molecule has 2 saturated heterocycles. The van der Waals surface area contributed by atoms with E-state index in [1.54, 1.807) is 0 Å². The number of halogens is 3. The van der Waals surface area contributed by atoms with E-state index in [9.17, 15) is 18.7 Å². The summed E-state index contributed by atoms with van der Waals surface area (Å²) in [6.07, 6.45) is 1.14. The Labute approximate surface area is 142 Å². The van der Waals surface area contributed by atoms with Gasteiger partial charge in [0.1, 0.15) is 11.6 Å². The molecule has 0 aliphatic carbocycles. The molecule has 2 fully saturated rings. The van der Waals surface area contributed by atoms with Gasteiger partial charge < -0.3 is 20.5 Å². The lowest BCUT2D eigenvalue weighted by Crippen LogP contribution is -2.44. The summed E-state index contributed by atoms with van der Waals surface area (Å²) < 4.78 is 32.7. The fourth-order valence-corrected chi connectivity index (χ4v) is 2.78. The second-order valence-corrected chi connectivity index (χ2v) is 6.37. The van der Waals surface area contributed by atoms with Gasteiger partial charge in [-0.25, -0.2) is 8.78 Å². The van der Waals surface area contributed by atoms with Crippen molar-refractivity contribution in [1.82, 2.24) is 10.6 Å². The second-order valence-electron chi connectivity index (χ2n) is 5.96. The largest absolute Gasteiger partial charge is 0.392 e. The van der Waals surface area contributed by atoms with Crippen LogP contribution in [0.15, 0.2) is 17.8 Å². The van der Waals surface area contributed by atoms with Gasteiger partial charge in [-0.3, -0.25) is 4.79 Å². The van der Waals surface area contributed by atoms with Gasteiger partial charge in [-0.05, 0) is 24.6 Å². The first kappa shape index (κ1) is 17.3. The molecule has 0 saturated carbocycles. The average molecular weight is 359 g/mol. The number of rotatable bonds is 4. The van der Waals surface area contributed by atoms with Crippen LogP contribution in [-0.2, 0) is 9.53 Å². The van der Waals surface area contributed by atoms with Crippen LogP contribution in [0.25, 0.3) is 6.08 Å². The van der Waals surface area contributed by atoms with Crippen molar-refractivity contribution >= 4 is 23.6 Å². The van der Waals surface area contributed by atoms with Gasteiger partial charge in [0, 0.05) is 23.7 Å². The molecule has 3 N–H and O–H groups in total. The Kier molecular flexibility index (Phi) is 5.15. The van der Waals surface area contributed by atoms with Crippen LogP contribution in [0.1, 0.15) is 12.0 Å². The first-order valence-corrected chi connectivity index (χ1v) is 7.98. The van der Waals surface area contributed by atoms with Gasteiger partial charge in [0.15, 0.2) is 0 Å². The summed E-state index contributed by atoms with van der Waals surface area (Å²) in [6, 6.07) is 1.37. The molecule has 1 aromatic rings. The van der Waals surface area contributed by atoms with Crippen LogP contribution in [0.4, 0.5) is 8.78 Å². The Morgan fingerprint density at radius 1 is 1.38 bits per heavy atom. The highest BCUT2D eigenvalue weighted by Crippen LogP contribution is 2.25. The fourth-order valence-electron chi connectivity index (χ4n) is 2.63. The lowest BCUT2D eigenvalue weighted by atomic mass is 10.0. The van der Waals surface area contributed by atoms with E-state index in [0.717, 1.165) is 12.1 Å². The molecule has 0 radical (unpaired) electrons. The predicted molar refractivity (Wildman–Crippen MR) is 84.2 cm³/mol. The first-order chi connectivity index (χ1) is 11.4. The van der Waals surface area contributed by atoms with E-state index < -0.39 is 23.8 Å². The average Bonchev–Trinajstić information content (AvgIpc) is 2.89. The summed E-state index contributed by atoms with van der Waals surface area (Å²) in [5, 5.41) is 14.8. The zero-order chi connectivity index (χ0) is 17.3. The third kappa shape index (κ3) is 3.75. The van der Waals surface area contributed by atoms with Crippen molar-refractivity contribution in [2.24, 2.45) is 5.92 Å². The highest BCUT2D eigenvalue weighted by Gasteiger charge is 2.31. The van der Waals surface area contributed by atoms with E-state index in [2.05, 4.69) is 10.6 Å². The summed E-state index contributed by atoms with van der Waals surface area (Å²) in [5.74, 6) is -1.83. The van der Waals surface area contributed by atoms with Crippen LogP contribution in [0.5, 0.6) is 0 Å². The molecule has 0 spiro atoms. The van der Waals surface area contributed by atoms with Crippen LogP contribution in [0.2, 0.25) is 5.02 Å². The normalized spacial score (nSPS) is 24.8. The zero-order valence-electron chi connectivity index (χ0n) is 12.7. The maximum absolute atomic E-state index is 14.0. The van der Waals surface area contributed by atoms with Gasteiger partial charge >= 0.3 is 0 Å². The van der Waals surface area contributed by atoms with Crippen LogP contribution in [-0.4, -0.2) is 42.9 Å². The standard InChI is InChI=1S/C16H17ClF2N2O3/c17-11-4-12(18)8(1-13(11)19)2-14(9-6-24-7-9)21-16(23)15-3-10(22)5-20-15/h1-2,4,9-10,15,20,22H,3,5-7H2,(H,21,23)/t10-,15+/m0/s1. The molecule has 5 nitrogen and oxygen atoms in total. The topological polar surface area (TPSA) is 70.6 Å². The number of hydrogen-bond donors (Lipinski definition) is 3.